The van der Waals surface area contributed by atoms with Gasteiger partial charge in [-0.2, -0.15) is 0 Å². The van der Waals surface area contributed by atoms with Gasteiger partial charge in [-0.3, -0.25) is 0 Å². The zero-order valence-electron chi connectivity index (χ0n) is 15.2. The molecule has 0 aromatic carbocycles. The first kappa shape index (κ1) is 21.4. The predicted molar refractivity (Wildman–Crippen MR) is 97.1 cm³/mol. The summed E-state index contributed by atoms with van der Waals surface area (Å²) in [6.45, 7) is 15.9. The van der Waals surface area contributed by atoms with Crippen LogP contribution >= 0.6 is 0 Å². The van der Waals surface area contributed by atoms with E-state index in [-0.39, 0.29) is 5.92 Å². The number of hydrogen-bond acceptors (Lipinski definition) is 2. The van der Waals surface area contributed by atoms with Crippen molar-refractivity contribution in [1.82, 2.24) is 0 Å². The highest BCUT2D eigenvalue weighted by molar-refractivity contribution is 5.02. The van der Waals surface area contributed by atoms with Crippen LogP contribution in [0.1, 0.15) is 78.6 Å². The van der Waals surface area contributed by atoms with Crippen molar-refractivity contribution in [2.24, 2.45) is 5.92 Å². The summed E-state index contributed by atoms with van der Waals surface area (Å²) in [6, 6.07) is 0. The summed E-state index contributed by atoms with van der Waals surface area (Å²) >= 11 is 0. The van der Waals surface area contributed by atoms with E-state index in [1.165, 1.54) is 38.5 Å². The topological polar surface area (TPSA) is 18.5 Å². The van der Waals surface area contributed by atoms with Crippen molar-refractivity contribution in [2.75, 3.05) is 13.2 Å². The van der Waals surface area contributed by atoms with E-state index in [9.17, 15) is 0 Å². The Morgan fingerprint density at radius 3 is 1.82 bits per heavy atom. The average molecular weight is 311 g/mol. The van der Waals surface area contributed by atoms with Gasteiger partial charge in [0, 0.05) is 5.92 Å². The van der Waals surface area contributed by atoms with E-state index in [1.807, 2.05) is 12.2 Å². The van der Waals surface area contributed by atoms with E-state index >= 15 is 0 Å². The minimum absolute atomic E-state index is 0.175. The molecule has 1 atom stereocenters. The summed E-state index contributed by atoms with van der Waals surface area (Å²) in [5.74, 6) is -0.522. The quantitative estimate of drug-likeness (QED) is 0.190. The molecule has 0 heterocycles. The first-order valence-corrected chi connectivity index (χ1v) is 9.24. The summed E-state index contributed by atoms with van der Waals surface area (Å²) in [7, 11) is 0. The second-order valence-electron chi connectivity index (χ2n) is 6.02. The molecule has 0 aliphatic heterocycles. The van der Waals surface area contributed by atoms with Gasteiger partial charge in [0.25, 0.3) is 0 Å². The third-order valence-electron chi connectivity index (χ3n) is 4.02. The van der Waals surface area contributed by atoms with E-state index < -0.39 is 5.79 Å². The van der Waals surface area contributed by atoms with Gasteiger partial charge >= 0.3 is 0 Å². The monoisotopic (exact) mass is 310 g/mol. The molecule has 0 radical (unpaired) electrons. The summed E-state index contributed by atoms with van der Waals surface area (Å²) < 4.78 is 12.1. The van der Waals surface area contributed by atoms with Crippen LogP contribution in [0.2, 0.25) is 0 Å². The van der Waals surface area contributed by atoms with E-state index in [0.717, 1.165) is 19.3 Å². The molecular formula is C20H38O2. The number of ether oxygens (including phenoxy) is 2. The first-order chi connectivity index (χ1) is 10.7. The number of hydrogen-bond donors (Lipinski definition) is 0. The SMILES string of the molecule is C=CC(CCCCCCCC)C(C=C)(OCCC)OCCC. The van der Waals surface area contributed by atoms with Crippen LogP contribution < -0.4 is 0 Å². The Balaban J connectivity index is 4.53. The van der Waals surface area contributed by atoms with Crippen LogP contribution in [-0.2, 0) is 9.47 Å². The molecule has 0 spiro atoms. The maximum atomic E-state index is 6.07. The lowest BCUT2D eigenvalue weighted by Gasteiger charge is -2.36. The van der Waals surface area contributed by atoms with Crippen LogP contribution in [0.15, 0.2) is 25.3 Å². The second kappa shape index (κ2) is 14.0. The van der Waals surface area contributed by atoms with Crippen molar-refractivity contribution in [3.63, 3.8) is 0 Å². The van der Waals surface area contributed by atoms with E-state index in [2.05, 4.69) is 33.9 Å². The van der Waals surface area contributed by atoms with E-state index in [0.29, 0.717) is 13.2 Å². The normalized spacial score (nSPS) is 13.0. The Labute approximate surface area is 139 Å². The van der Waals surface area contributed by atoms with Gasteiger partial charge in [-0.1, -0.05) is 72.0 Å². The molecule has 2 heteroatoms. The van der Waals surface area contributed by atoms with Crippen LogP contribution in [0.3, 0.4) is 0 Å². The Morgan fingerprint density at radius 1 is 0.818 bits per heavy atom. The van der Waals surface area contributed by atoms with Crippen molar-refractivity contribution >= 4 is 0 Å². The van der Waals surface area contributed by atoms with Gasteiger partial charge in [-0.15, -0.1) is 6.58 Å². The fourth-order valence-corrected chi connectivity index (χ4v) is 2.68. The maximum absolute atomic E-state index is 6.07. The van der Waals surface area contributed by atoms with Crippen molar-refractivity contribution in [3.8, 4) is 0 Å². The second-order valence-corrected chi connectivity index (χ2v) is 6.02. The highest BCUT2D eigenvalue weighted by atomic mass is 16.7. The van der Waals surface area contributed by atoms with E-state index in [1.54, 1.807) is 0 Å². The largest absolute Gasteiger partial charge is 0.346 e. The van der Waals surface area contributed by atoms with Gasteiger partial charge in [0.15, 0.2) is 5.79 Å². The molecule has 0 saturated carbocycles. The molecule has 0 aromatic heterocycles. The van der Waals surface area contributed by atoms with Crippen molar-refractivity contribution in [2.45, 2.75) is 84.3 Å². The zero-order valence-corrected chi connectivity index (χ0v) is 15.2. The summed E-state index contributed by atoms with van der Waals surface area (Å²) in [4.78, 5) is 0. The third kappa shape index (κ3) is 8.14. The lowest BCUT2D eigenvalue weighted by molar-refractivity contribution is -0.227. The molecule has 0 saturated heterocycles. The highest BCUT2D eigenvalue weighted by Crippen LogP contribution is 2.31. The summed E-state index contributed by atoms with van der Waals surface area (Å²) in [6.07, 6.45) is 14.6. The lowest BCUT2D eigenvalue weighted by atomic mass is 9.91. The van der Waals surface area contributed by atoms with Gasteiger partial charge in [0.1, 0.15) is 0 Å². The Hall–Kier alpha value is -0.600. The first-order valence-electron chi connectivity index (χ1n) is 9.24. The summed E-state index contributed by atoms with van der Waals surface area (Å²) in [5.41, 5.74) is 0. The molecule has 0 amide bonds. The minimum Gasteiger partial charge on any atom is -0.346 e. The van der Waals surface area contributed by atoms with E-state index in [4.69, 9.17) is 9.47 Å². The number of rotatable bonds is 16. The third-order valence-corrected chi connectivity index (χ3v) is 4.02. The lowest BCUT2D eigenvalue weighted by Crippen LogP contribution is -2.41. The van der Waals surface area contributed by atoms with Crippen LogP contribution in [-0.4, -0.2) is 19.0 Å². The molecule has 1 unspecified atom stereocenters. The predicted octanol–water partition coefficient (Wildman–Crippen LogP) is 6.27. The Morgan fingerprint density at radius 2 is 1.36 bits per heavy atom. The van der Waals surface area contributed by atoms with Crippen LogP contribution in [0.5, 0.6) is 0 Å². The standard InChI is InChI=1S/C20H38O2/c1-6-11-12-13-14-15-16-19(9-4)20(10-5,21-17-7-2)22-18-8-3/h9-10,19H,4-8,11-18H2,1-3H3. The molecule has 130 valence electrons. The number of unbranched alkanes of at least 4 members (excludes halogenated alkanes) is 5. The zero-order chi connectivity index (χ0) is 16.7. The molecule has 0 aromatic rings. The fraction of sp³-hybridized carbons (Fsp3) is 0.800. The smallest absolute Gasteiger partial charge is 0.193 e. The molecule has 0 aliphatic carbocycles. The van der Waals surface area contributed by atoms with Crippen LogP contribution in [0, 0.1) is 5.92 Å². The van der Waals surface area contributed by atoms with Gasteiger partial charge < -0.3 is 9.47 Å². The molecule has 22 heavy (non-hydrogen) atoms. The van der Waals surface area contributed by atoms with Gasteiger partial charge in [0.2, 0.25) is 0 Å². The molecule has 0 N–H and O–H groups in total. The molecule has 0 rings (SSSR count). The Kier molecular flexibility index (Phi) is 13.6. The van der Waals surface area contributed by atoms with Gasteiger partial charge in [0.05, 0.1) is 13.2 Å². The highest BCUT2D eigenvalue weighted by Gasteiger charge is 2.35. The maximum Gasteiger partial charge on any atom is 0.193 e. The molecule has 2 nitrogen and oxygen atoms in total. The van der Waals surface area contributed by atoms with Crippen LogP contribution in [0.25, 0.3) is 0 Å². The van der Waals surface area contributed by atoms with Gasteiger partial charge in [-0.25, -0.2) is 0 Å². The van der Waals surface area contributed by atoms with Crippen molar-refractivity contribution in [1.29, 1.82) is 0 Å². The van der Waals surface area contributed by atoms with Crippen molar-refractivity contribution in [3.05, 3.63) is 25.3 Å². The summed E-state index contributed by atoms with van der Waals surface area (Å²) in [5, 5.41) is 0. The fourth-order valence-electron chi connectivity index (χ4n) is 2.68. The molecule has 0 fully saturated rings. The molecular weight excluding hydrogens is 272 g/mol. The van der Waals surface area contributed by atoms with Crippen molar-refractivity contribution < 1.29 is 9.47 Å². The minimum atomic E-state index is -0.697. The Bertz CT molecular complexity index is 265. The average Bonchev–Trinajstić information content (AvgIpc) is 2.55. The van der Waals surface area contributed by atoms with Crippen LogP contribution in [0.4, 0.5) is 0 Å². The molecule has 0 bridgehead atoms. The van der Waals surface area contributed by atoms with Gasteiger partial charge in [-0.05, 0) is 25.3 Å². The molecule has 0 aliphatic rings.